The Kier molecular flexibility index (Phi) is 5.70. The van der Waals surface area contributed by atoms with E-state index in [0.29, 0.717) is 6.42 Å². The molecule has 0 aliphatic carbocycles. The van der Waals surface area contributed by atoms with Gasteiger partial charge in [0.15, 0.2) is 0 Å². The molecule has 0 aliphatic heterocycles. The molecule has 94 valence electrons. The molecule has 17 heavy (non-hydrogen) atoms. The lowest BCUT2D eigenvalue weighted by molar-refractivity contribution is 0.164. The highest BCUT2D eigenvalue weighted by atomic mass is 16.3. The summed E-state index contributed by atoms with van der Waals surface area (Å²) in [6.07, 6.45) is 4.17. The zero-order valence-electron chi connectivity index (χ0n) is 10.9. The Hall–Kier alpha value is -1.35. The van der Waals surface area contributed by atoms with Gasteiger partial charge in [-0.15, -0.1) is 0 Å². The van der Waals surface area contributed by atoms with Crippen LogP contribution in [0.15, 0.2) is 23.2 Å². The highest BCUT2D eigenvalue weighted by Gasteiger charge is 2.06. The van der Waals surface area contributed by atoms with E-state index in [1.54, 1.807) is 7.05 Å². The van der Waals surface area contributed by atoms with Crippen molar-refractivity contribution in [3.05, 3.63) is 29.3 Å². The highest BCUT2D eigenvalue weighted by Crippen LogP contribution is 2.17. The van der Waals surface area contributed by atoms with E-state index in [1.165, 1.54) is 0 Å². The predicted molar refractivity (Wildman–Crippen MR) is 74.1 cm³/mol. The number of hydrogen-bond acceptors (Lipinski definition) is 3. The molecule has 1 aromatic carbocycles. The predicted octanol–water partition coefficient (Wildman–Crippen LogP) is 2.48. The number of benzene rings is 1. The first-order valence-corrected chi connectivity index (χ1v) is 6.12. The van der Waals surface area contributed by atoms with E-state index in [0.717, 1.165) is 29.7 Å². The van der Waals surface area contributed by atoms with E-state index in [9.17, 15) is 5.11 Å². The van der Waals surface area contributed by atoms with Crippen molar-refractivity contribution >= 4 is 11.9 Å². The van der Waals surface area contributed by atoms with Gasteiger partial charge in [0.25, 0.3) is 0 Å². The van der Waals surface area contributed by atoms with E-state index >= 15 is 0 Å². The number of nitrogens with zero attached hydrogens (tertiary/aromatic N) is 1. The van der Waals surface area contributed by atoms with Gasteiger partial charge in [-0.3, -0.25) is 4.99 Å². The Labute approximate surface area is 104 Å². The minimum absolute atomic E-state index is 0.244. The molecule has 1 atom stereocenters. The van der Waals surface area contributed by atoms with Gasteiger partial charge in [0.1, 0.15) is 0 Å². The van der Waals surface area contributed by atoms with E-state index in [-0.39, 0.29) is 6.10 Å². The topological polar surface area (TPSA) is 44.6 Å². The van der Waals surface area contributed by atoms with E-state index in [1.807, 2.05) is 19.3 Å². The second kappa shape index (κ2) is 7.07. The molecule has 0 aromatic heterocycles. The number of aliphatic hydroxyl groups is 1. The van der Waals surface area contributed by atoms with Gasteiger partial charge in [-0.1, -0.05) is 19.4 Å². The largest absolute Gasteiger partial charge is 0.393 e. The minimum atomic E-state index is -0.244. The van der Waals surface area contributed by atoms with Crippen molar-refractivity contribution in [3.63, 3.8) is 0 Å². The molecule has 0 aliphatic rings. The number of anilines is 1. The van der Waals surface area contributed by atoms with Gasteiger partial charge >= 0.3 is 0 Å². The van der Waals surface area contributed by atoms with Gasteiger partial charge < -0.3 is 10.4 Å². The van der Waals surface area contributed by atoms with Crippen LogP contribution in [0.25, 0.3) is 0 Å². The lowest BCUT2D eigenvalue weighted by Gasteiger charge is -2.11. The Morgan fingerprint density at radius 1 is 1.47 bits per heavy atom. The van der Waals surface area contributed by atoms with Gasteiger partial charge in [0.2, 0.25) is 0 Å². The van der Waals surface area contributed by atoms with Gasteiger partial charge in [0, 0.05) is 31.6 Å². The lowest BCUT2D eigenvalue weighted by Crippen LogP contribution is -2.10. The fraction of sp³-hybridized carbons (Fsp3) is 0.500. The van der Waals surface area contributed by atoms with Crippen molar-refractivity contribution in [2.75, 3.05) is 19.4 Å². The van der Waals surface area contributed by atoms with Crippen LogP contribution in [-0.2, 0) is 6.42 Å². The molecule has 0 radical (unpaired) electrons. The average molecular weight is 234 g/mol. The Bertz CT molecular complexity index is 374. The van der Waals surface area contributed by atoms with Crippen LogP contribution in [0, 0.1) is 0 Å². The normalized spacial score (nSPS) is 12.9. The van der Waals surface area contributed by atoms with E-state index < -0.39 is 0 Å². The molecule has 1 unspecified atom stereocenters. The van der Waals surface area contributed by atoms with Crippen LogP contribution in [0.2, 0.25) is 0 Å². The van der Waals surface area contributed by atoms with Gasteiger partial charge in [0.05, 0.1) is 6.10 Å². The fourth-order valence-corrected chi connectivity index (χ4v) is 1.92. The van der Waals surface area contributed by atoms with Crippen LogP contribution >= 0.6 is 0 Å². The first kappa shape index (κ1) is 13.7. The Balaban J connectivity index is 2.84. The number of aliphatic hydroxyl groups excluding tert-OH is 1. The highest BCUT2D eigenvalue weighted by molar-refractivity contribution is 5.87. The molecule has 2 N–H and O–H groups in total. The minimum Gasteiger partial charge on any atom is -0.393 e. The molecule has 0 saturated heterocycles. The first-order chi connectivity index (χ1) is 8.21. The summed E-state index contributed by atoms with van der Waals surface area (Å²) in [5.74, 6) is 0. The molecular formula is C14H22N2O. The Morgan fingerprint density at radius 2 is 2.24 bits per heavy atom. The number of hydrogen-bond donors (Lipinski definition) is 2. The van der Waals surface area contributed by atoms with E-state index in [4.69, 9.17) is 0 Å². The van der Waals surface area contributed by atoms with Crippen molar-refractivity contribution in [2.45, 2.75) is 32.3 Å². The lowest BCUT2D eigenvalue weighted by atomic mass is 10.0. The second-order valence-electron chi connectivity index (χ2n) is 4.21. The van der Waals surface area contributed by atoms with Gasteiger partial charge in [-0.2, -0.15) is 0 Å². The van der Waals surface area contributed by atoms with Crippen LogP contribution in [0.4, 0.5) is 5.69 Å². The van der Waals surface area contributed by atoms with E-state index in [2.05, 4.69) is 29.4 Å². The third kappa shape index (κ3) is 4.19. The summed E-state index contributed by atoms with van der Waals surface area (Å²) in [4.78, 5) is 4.04. The molecule has 0 saturated carbocycles. The number of aliphatic imine (C=N–C) groups is 1. The zero-order chi connectivity index (χ0) is 12.7. The van der Waals surface area contributed by atoms with Crippen molar-refractivity contribution in [2.24, 2.45) is 4.99 Å². The molecule has 1 aromatic rings. The molecule has 0 spiro atoms. The standard InChI is InChI=1S/C14H22N2O/c1-4-5-13(17)9-11-6-7-14(16-3)12(8-11)10-15-2/h6-8,10,13,16-17H,4-5,9H2,1-3H3/b15-10-. The molecule has 0 amide bonds. The zero-order valence-corrected chi connectivity index (χ0v) is 10.9. The first-order valence-electron chi connectivity index (χ1n) is 6.12. The van der Waals surface area contributed by atoms with Crippen molar-refractivity contribution < 1.29 is 5.11 Å². The summed E-state index contributed by atoms with van der Waals surface area (Å²) in [5, 5.41) is 12.9. The summed E-state index contributed by atoms with van der Waals surface area (Å²) in [6.45, 7) is 2.09. The maximum Gasteiger partial charge on any atom is 0.0580 e. The second-order valence-corrected chi connectivity index (χ2v) is 4.21. The third-order valence-corrected chi connectivity index (χ3v) is 2.75. The van der Waals surface area contributed by atoms with Crippen molar-refractivity contribution in [1.82, 2.24) is 0 Å². The summed E-state index contributed by atoms with van der Waals surface area (Å²) in [7, 11) is 3.66. The molecule has 1 rings (SSSR count). The average Bonchev–Trinajstić information content (AvgIpc) is 2.30. The van der Waals surface area contributed by atoms with Gasteiger partial charge in [-0.05, 0) is 30.5 Å². The number of nitrogens with one attached hydrogen (secondary N) is 1. The van der Waals surface area contributed by atoms with Crippen LogP contribution in [-0.4, -0.2) is 31.5 Å². The quantitative estimate of drug-likeness (QED) is 0.743. The van der Waals surface area contributed by atoms with Gasteiger partial charge in [-0.25, -0.2) is 0 Å². The molecule has 0 fully saturated rings. The van der Waals surface area contributed by atoms with Crippen LogP contribution < -0.4 is 5.32 Å². The van der Waals surface area contributed by atoms with Crippen LogP contribution in [0.3, 0.4) is 0 Å². The van der Waals surface area contributed by atoms with Crippen LogP contribution in [0.5, 0.6) is 0 Å². The van der Waals surface area contributed by atoms with Crippen molar-refractivity contribution in [1.29, 1.82) is 0 Å². The summed E-state index contributed by atoms with van der Waals surface area (Å²) < 4.78 is 0. The maximum atomic E-state index is 9.80. The number of rotatable bonds is 6. The SMILES string of the molecule is CCCC(O)Cc1ccc(NC)c(/C=N\C)c1. The fourth-order valence-electron chi connectivity index (χ4n) is 1.92. The third-order valence-electron chi connectivity index (χ3n) is 2.75. The molecule has 3 heteroatoms. The molecular weight excluding hydrogens is 212 g/mol. The summed E-state index contributed by atoms with van der Waals surface area (Å²) >= 11 is 0. The smallest absolute Gasteiger partial charge is 0.0580 e. The summed E-state index contributed by atoms with van der Waals surface area (Å²) in [6, 6.07) is 6.17. The summed E-state index contributed by atoms with van der Waals surface area (Å²) in [5.41, 5.74) is 3.28. The monoisotopic (exact) mass is 234 g/mol. The van der Waals surface area contributed by atoms with Crippen LogP contribution in [0.1, 0.15) is 30.9 Å². The Morgan fingerprint density at radius 3 is 2.82 bits per heavy atom. The maximum absolute atomic E-state index is 9.80. The molecule has 3 nitrogen and oxygen atoms in total. The molecule has 0 heterocycles. The van der Waals surface area contributed by atoms with Crippen molar-refractivity contribution in [3.8, 4) is 0 Å². The molecule has 0 bridgehead atoms.